The second kappa shape index (κ2) is 10.6. The molecule has 1 heteroatoms. The molecule has 1 N–H and O–H groups in total. The SMILES string of the molecule is CCC=CC1=C(C)C(C)C(C(C)=CCC)=CCC(C)C(=N)C(CC)C1. The van der Waals surface area contributed by atoms with Gasteiger partial charge in [-0.05, 0) is 63.0 Å². The van der Waals surface area contributed by atoms with Gasteiger partial charge in [0, 0.05) is 17.5 Å². The van der Waals surface area contributed by atoms with Crippen LogP contribution in [0.5, 0.6) is 0 Å². The molecule has 1 nitrogen and oxygen atoms in total. The summed E-state index contributed by atoms with van der Waals surface area (Å²) in [6.45, 7) is 15.8. The molecule has 0 radical (unpaired) electrons. The second-order valence-electron chi connectivity index (χ2n) is 7.60. The maximum atomic E-state index is 8.70. The Morgan fingerprint density at radius 1 is 1.20 bits per heavy atom. The van der Waals surface area contributed by atoms with E-state index in [0.29, 0.717) is 17.8 Å². The molecule has 0 aromatic carbocycles. The molecule has 0 amide bonds. The van der Waals surface area contributed by atoms with E-state index in [1.54, 1.807) is 0 Å². The normalized spacial score (nSPS) is 27.0. The molecule has 0 saturated heterocycles. The monoisotopic (exact) mass is 341 g/mol. The van der Waals surface area contributed by atoms with Crippen molar-refractivity contribution in [3.05, 3.63) is 46.6 Å². The van der Waals surface area contributed by atoms with Crippen molar-refractivity contribution in [3.8, 4) is 0 Å². The van der Waals surface area contributed by atoms with Gasteiger partial charge in [0.1, 0.15) is 0 Å². The minimum atomic E-state index is 0.330. The van der Waals surface area contributed by atoms with Crippen LogP contribution in [0.1, 0.15) is 80.6 Å². The van der Waals surface area contributed by atoms with Crippen molar-refractivity contribution in [2.24, 2.45) is 17.8 Å². The molecule has 0 aromatic heterocycles. The standard InChI is InChI=1S/C24H39N/c1-8-11-13-22-16-21(10-3)24(25)18(5)14-15-23(17(4)12-9-2)20(7)19(22)6/h11-13,15,18,20-21,25H,8-10,14,16H2,1-7H3. The first-order valence-electron chi connectivity index (χ1n) is 10.2. The zero-order valence-corrected chi connectivity index (χ0v) is 17.6. The van der Waals surface area contributed by atoms with Gasteiger partial charge in [0.05, 0.1) is 0 Å². The van der Waals surface area contributed by atoms with E-state index in [1.165, 1.54) is 22.3 Å². The first-order chi connectivity index (χ1) is 11.9. The number of allylic oxidation sites excluding steroid dienone is 8. The van der Waals surface area contributed by atoms with E-state index < -0.39 is 0 Å². The van der Waals surface area contributed by atoms with Gasteiger partial charge >= 0.3 is 0 Å². The third kappa shape index (κ3) is 5.83. The molecule has 0 aliphatic heterocycles. The molecular weight excluding hydrogens is 302 g/mol. The number of nitrogens with one attached hydrogen (secondary N) is 1. The van der Waals surface area contributed by atoms with Gasteiger partial charge in [-0.15, -0.1) is 0 Å². The van der Waals surface area contributed by atoms with Crippen LogP contribution in [0.3, 0.4) is 0 Å². The fourth-order valence-electron chi connectivity index (χ4n) is 3.81. The highest BCUT2D eigenvalue weighted by Crippen LogP contribution is 2.34. The highest BCUT2D eigenvalue weighted by Gasteiger charge is 2.23. The molecule has 140 valence electrons. The molecule has 0 heterocycles. The van der Waals surface area contributed by atoms with E-state index in [0.717, 1.165) is 37.8 Å². The molecule has 25 heavy (non-hydrogen) atoms. The first-order valence-corrected chi connectivity index (χ1v) is 10.2. The molecule has 1 rings (SSSR count). The van der Waals surface area contributed by atoms with Crippen molar-refractivity contribution in [1.82, 2.24) is 0 Å². The maximum absolute atomic E-state index is 8.70. The molecule has 3 unspecified atom stereocenters. The molecule has 1 aliphatic rings. The van der Waals surface area contributed by atoms with Crippen LogP contribution in [0.2, 0.25) is 0 Å². The van der Waals surface area contributed by atoms with E-state index >= 15 is 0 Å². The molecule has 0 saturated carbocycles. The summed E-state index contributed by atoms with van der Waals surface area (Å²) < 4.78 is 0. The van der Waals surface area contributed by atoms with Crippen molar-refractivity contribution >= 4 is 5.71 Å². The smallest absolute Gasteiger partial charge is 0.0154 e. The summed E-state index contributed by atoms with van der Waals surface area (Å²) in [5.41, 5.74) is 6.70. The average Bonchev–Trinajstić information content (AvgIpc) is 2.60. The van der Waals surface area contributed by atoms with Crippen LogP contribution in [0.4, 0.5) is 0 Å². The van der Waals surface area contributed by atoms with Gasteiger partial charge in [0.15, 0.2) is 0 Å². The predicted octanol–water partition coefficient (Wildman–Crippen LogP) is 7.66. The van der Waals surface area contributed by atoms with Crippen LogP contribution in [0.25, 0.3) is 0 Å². The minimum absolute atomic E-state index is 0.330. The molecule has 1 aliphatic carbocycles. The fourth-order valence-corrected chi connectivity index (χ4v) is 3.81. The minimum Gasteiger partial charge on any atom is -0.309 e. The highest BCUT2D eigenvalue weighted by atomic mass is 14.5. The lowest BCUT2D eigenvalue weighted by Crippen LogP contribution is -2.22. The van der Waals surface area contributed by atoms with Crippen molar-refractivity contribution < 1.29 is 0 Å². The number of hydrogen-bond acceptors (Lipinski definition) is 1. The zero-order valence-electron chi connectivity index (χ0n) is 17.6. The van der Waals surface area contributed by atoms with E-state index in [-0.39, 0.29) is 0 Å². The van der Waals surface area contributed by atoms with Gasteiger partial charge in [-0.2, -0.15) is 0 Å². The van der Waals surface area contributed by atoms with Gasteiger partial charge in [0.2, 0.25) is 0 Å². The van der Waals surface area contributed by atoms with Gasteiger partial charge in [-0.1, -0.05) is 70.1 Å². The topological polar surface area (TPSA) is 23.9 Å². The Bertz CT molecular complexity index is 571. The second-order valence-corrected chi connectivity index (χ2v) is 7.60. The molecule has 0 aromatic rings. The predicted molar refractivity (Wildman–Crippen MR) is 113 cm³/mol. The van der Waals surface area contributed by atoms with E-state index in [2.05, 4.69) is 72.8 Å². The molecular formula is C24H39N. The van der Waals surface area contributed by atoms with Crippen molar-refractivity contribution in [3.63, 3.8) is 0 Å². The molecule has 0 fully saturated rings. The largest absolute Gasteiger partial charge is 0.309 e. The molecule has 3 atom stereocenters. The van der Waals surface area contributed by atoms with Gasteiger partial charge in [-0.25, -0.2) is 0 Å². The summed E-state index contributed by atoms with van der Waals surface area (Å²) in [5, 5.41) is 8.70. The average molecular weight is 342 g/mol. The lowest BCUT2D eigenvalue weighted by atomic mass is 9.77. The maximum Gasteiger partial charge on any atom is 0.0154 e. The van der Waals surface area contributed by atoms with Crippen LogP contribution < -0.4 is 0 Å². The Morgan fingerprint density at radius 3 is 2.44 bits per heavy atom. The lowest BCUT2D eigenvalue weighted by Gasteiger charge is -2.28. The van der Waals surface area contributed by atoms with Crippen molar-refractivity contribution in [1.29, 1.82) is 5.41 Å². The Hall–Kier alpha value is -1.37. The summed E-state index contributed by atoms with van der Waals surface area (Å²) in [7, 11) is 0. The third-order valence-electron chi connectivity index (χ3n) is 5.76. The Balaban J connectivity index is 3.45. The van der Waals surface area contributed by atoms with E-state index in [1.807, 2.05) is 0 Å². The number of rotatable bonds is 5. The zero-order chi connectivity index (χ0) is 19.0. The van der Waals surface area contributed by atoms with Crippen LogP contribution in [-0.2, 0) is 0 Å². The molecule has 0 bridgehead atoms. The molecule has 0 spiro atoms. The number of hydrogen-bond donors (Lipinski definition) is 1. The summed E-state index contributed by atoms with van der Waals surface area (Å²) in [4.78, 5) is 0. The Kier molecular flexibility index (Phi) is 9.17. The Morgan fingerprint density at radius 2 is 1.88 bits per heavy atom. The lowest BCUT2D eigenvalue weighted by molar-refractivity contribution is 0.595. The van der Waals surface area contributed by atoms with Crippen LogP contribution >= 0.6 is 0 Å². The van der Waals surface area contributed by atoms with Gasteiger partial charge in [0.25, 0.3) is 0 Å². The first kappa shape index (κ1) is 21.7. The summed E-state index contributed by atoms with van der Waals surface area (Å²) in [6, 6.07) is 0. The van der Waals surface area contributed by atoms with Crippen LogP contribution in [0, 0.1) is 23.2 Å². The van der Waals surface area contributed by atoms with E-state index in [9.17, 15) is 0 Å². The fraction of sp³-hybridized carbons (Fsp3) is 0.625. The summed E-state index contributed by atoms with van der Waals surface area (Å²) in [5.74, 6) is 1.14. The summed E-state index contributed by atoms with van der Waals surface area (Å²) >= 11 is 0. The van der Waals surface area contributed by atoms with Gasteiger partial charge < -0.3 is 5.41 Å². The van der Waals surface area contributed by atoms with E-state index in [4.69, 9.17) is 5.41 Å². The van der Waals surface area contributed by atoms with Crippen molar-refractivity contribution in [2.45, 2.75) is 80.6 Å². The summed E-state index contributed by atoms with van der Waals surface area (Å²) in [6.07, 6.45) is 14.5. The van der Waals surface area contributed by atoms with Crippen LogP contribution in [-0.4, -0.2) is 5.71 Å². The quantitative estimate of drug-likeness (QED) is 0.530. The highest BCUT2D eigenvalue weighted by molar-refractivity contribution is 5.86. The van der Waals surface area contributed by atoms with Crippen molar-refractivity contribution in [2.75, 3.05) is 0 Å². The van der Waals surface area contributed by atoms with Gasteiger partial charge in [-0.3, -0.25) is 0 Å². The third-order valence-corrected chi connectivity index (χ3v) is 5.76. The van der Waals surface area contributed by atoms with Crippen LogP contribution in [0.15, 0.2) is 46.6 Å². The Labute approximate surface area is 156 Å².